The minimum absolute atomic E-state index is 0. The minimum atomic E-state index is -1.93. The fourth-order valence-electron chi connectivity index (χ4n) is 4.49. The summed E-state index contributed by atoms with van der Waals surface area (Å²) in [6.07, 6.45) is 0.945. The van der Waals surface area contributed by atoms with Crippen LogP contribution in [-0.4, -0.2) is 13.6 Å². The third-order valence-corrected chi connectivity index (χ3v) is 10.5. The molecule has 0 bridgehead atoms. The number of halogens is 1. The van der Waals surface area contributed by atoms with E-state index in [0.29, 0.717) is 0 Å². The first-order valence-corrected chi connectivity index (χ1v) is 13.4. The molecule has 0 saturated carbocycles. The Kier molecular flexibility index (Phi) is 8.89. The SMILES string of the molecule is CC(C#N)CN(C)c1cccc(C[P+](c2ccccc2)(c2ccccc2)c2ccccc2)c1.[Cl-]. The molecule has 0 spiro atoms. The van der Waals surface area contributed by atoms with E-state index in [4.69, 9.17) is 0 Å². The highest BCUT2D eigenvalue weighted by Gasteiger charge is 2.45. The molecule has 0 heterocycles. The molecule has 0 radical (unpaired) electrons. The van der Waals surface area contributed by atoms with Crippen LogP contribution in [0.3, 0.4) is 0 Å². The van der Waals surface area contributed by atoms with E-state index in [0.717, 1.165) is 18.4 Å². The largest absolute Gasteiger partial charge is 1.00 e. The molecular weight excluding hydrogens is 455 g/mol. The van der Waals surface area contributed by atoms with Gasteiger partial charge in [-0.05, 0) is 61.0 Å². The monoisotopic (exact) mass is 484 g/mol. The predicted octanol–water partition coefficient (Wildman–Crippen LogP) is 2.78. The minimum Gasteiger partial charge on any atom is -1.00 e. The molecule has 34 heavy (non-hydrogen) atoms. The van der Waals surface area contributed by atoms with Crippen LogP contribution in [0, 0.1) is 17.2 Å². The summed E-state index contributed by atoms with van der Waals surface area (Å²) in [6.45, 7) is 2.69. The molecule has 4 rings (SSSR count). The van der Waals surface area contributed by atoms with Crippen LogP contribution in [0.2, 0.25) is 0 Å². The van der Waals surface area contributed by atoms with Crippen molar-refractivity contribution in [1.29, 1.82) is 5.26 Å². The number of anilines is 1. The molecule has 4 heteroatoms. The van der Waals surface area contributed by atoms with Gasteiger partial charge in [0.05, 0.1) is 18.1 Å². The second kappa shape index (κ2) is 11.8. The van der Waals surface area contributed by atoms with Gasteiger partial charge in [0, 0.05) is 19.3 Å². The van der Waals surface area contributed by atoms with Crippen LogP contribution < -0.4 is 33.2 Å². The van der Waals surface area contributed by atoms with Crippen molar-refractivity contribution in [1.82, 2.24) is 0 Å². The fraction of sp³-hybridized carbons (Fsp3) is 0.167. The molecule has 1 atom stereocenters. The van der Waals surface area contributed by atoms with Gasteiger partial charge >= 0.3 is 0 Å². The lowest BCUT2D eigenvalue weighted by Gasteiger charge is -2.28. The average molecular weight is 485 g/mol. The van der Waals surface area contributed by atoms with Crippen LogP contribution in [0.15, 0.2) is 115 Å². The van der Waals surface area contributed by atoms with Gasteiger partial charge < -0.3 is 17.3 Å². The normalized spacial score (nSPS) is 11.7. The molecule has 4 aromatic rings. The Morgan fingerprint density at radius 1 is 0.735 bits per heavy atom. The van der Waals surface area contributed by atoms with Crippen molar-refractivity contribution in [2.24, 2.45) is 5.92 Å². The molecule has 1 unspecified atom stereocenters. The summed E-state index contributed by atoms with van der Waals surface area (Å²) < 4.78 is 0. The maximum absolute atomic E-state index is 9.24. The van der Waals surface area contributed by atoms with E-state index in [-0.39, 0.29) is 18.3 Å². The zero-order valence-corrected chi connectivity index (χ0v) is 21.3. The van der Waals surface area contributed by atoms with Crippen molar-refractivity contribution < 1.29 is 12.4 Å². The summed E-state index contributed by atoms with van der Waals surface area (Å²) in [5.74, 6) is -0.0109. The van der Waals surface area contributed by atoms with Gasteiger partial charge in [0.15, 0.2) is 0 Å². The summed E-state index contributed by atoms with van der Waals surface area (Å²) in [5.41, 5.74) is 2.47. The first-order chi connectivity index (χ1) is 16.1. The second-order valence-corrected chi connectivity index (χ2v) is 12.0. The van der Waals surface area contributed by atoms with E-state index >= 15 is 0 Å². The van der Waals surface area contributed by atoms with Crippen molar-refractivity contribution in [2.45, 2.75) is 13.1 Å². The average Bonchev–Trinajstić information content (AvgIpc) is 2.89. The van der Waals surface area contributed by atoms with E-state index in [2.05, 4.69) is 133 Å². The third-order valence-electron chi connectivity index (χ3n) is 6.13. The van der Waals surface area contributed by atoms with Crippen molar-refractivity contribution in [3.63, 3.8) is 0 Å². The molecule has 2 nitrogen and oxygen atoms in total. The van der Waals surface area contributed by atoms with Gasteiger partial charge in [-0.3, -0.25) is 0 Å². The topological polar surface area (TPSA) is 27.0 Å². The quantitative estimate of drug-likeness (QED) is 0.360. The van der Waals surface area contributed by atoms with E-state index in [9.17, 15) is 5.26 Å². The lowest BCUT2D eigenvalue weighted by atomic mass is 10.1. The Balaban J connectivity index is 0.00000324. The molecule has 0 N–H and O–H groups in total. The van der Waals surface area contributed by atoms with E-state index in [1.165, 1.54) is 21.5 Å². The van der Waals surface area contributed by atoms with Gasteiger partial charge in [0.2, 0.25) is 0 Å². The molecule has 0 aliphatic rings. The highest BCUT2D eigenvalue weighted by molar-refractivity contribution is 7.95. The predicted molar refractivity (Wildman–Crippen MR) is 143 cm³/mol. The van der Waals surface area contributed by atoms with E-state index < -0.39 is 7.26 Å². The smallest absolute Gasteiger partial charge is 0.116 e. The van der Waals surface area contributed by atoms with Crippen molar-refractivity contribution >= 4 is 28.9 Å². The van der Waals surface area contributed by atoms with Crippen LogP contribution in [0.5, 0.6) is 0 Å². The highest BCUT2D eigenvalue weighted by atomic mass is 35.5. The number of hydrogen-bond donors (Lipinski definition) is 0. The Morgan fingerprint density at radius 3 is 1.65 bits per heavy atom. The molecule has 0 aliphatic carbocycles. The van der Waals surface area contributed by atoms with Crippen molar-refractivity contribution in [3.05, 3.63) is 121 Å². The Bertz CT molecular complexity index is 1110. The zero-order valence-electron chi connectivity index (χ0n) is 19.7. The molecule has 0 saturated heterocycles. The molecule has 0 fully saturated rings. The molecule has 4 aromatic carbocycles. The summed E-state index contributed by atoms with van der Waals surface area (Å²) >= 11 is 0. The zero-order chi connectivity index (χ0) is 23.1. The van der Waals surface area contributed by atoms with Gasteiger partial charge in [0.1, 0.15) is 23.2 Å². The van der Waals surface area contributed by atoms with Gasteiger partial charge in [0.25, 0.3) is 0 Å². The molecular formula is C30H30ClN2P. The van der Waals surface area contributed by atoms with E-state index in [1.54, 1.807) is 0 Å². The molecule has 0 aliphatic heterocycles. The number of hydrogen-bond acceptors (Lipinski definition) is 2. The molecule has 0 aromatic heterocycles. The maximum Gasteiger partial charge on any atom is 0.116 e. The van der Waals surface area contributed by atoms with Crippen molar-refractivity contribution in [2.75, 3.05) is 18.5 Å². The highest BCUT2D eigenvalue weighted by Crippen LogP contribution is 2.58. The summed E-state index contributed by atoms with van der Waals surface area (Å²) in [6, 6.07) is 44.1. The first-order valence-electron chi connectivity index (χ1n) is 11.4. The summed E-state index contributed by atoms with van der Waals surface area (Å²) in [5, 5.41) is 13.4. The van der Waals surface area contributed by atoms with Crippen LogP contribution in [0.1, 0.15) is 12.5 Å². The lowest BCUT2D eigenvalue weighted by Crippen LogP contribution is -3.00. The molecule has 172 valence electrons. The fourth-order valence-corrected chi connectivity index (χ4v) is 8.72. The first kappa shape index (κ1) is 25.5. The van der Waals surface area contributed by atoms with Crippen molar-refractivity contribution in [3.8, 4) is 6.07 Å². The second-order valence-electron chi connectivity index (χ2n) is 8.56. The van der Waals surface area contributed by atoms with Gasteiger partial charge in [-0.2, -0.15) is 5.26 Å². The van der Waals surface area contributed by atoms with Crippen LogP contribution in [0.25, 0.3) is 0 Å². The summed E-state index contributed by atoms with van der Waals surface area (Å²) in [7, 11) is 0.141. The van der Waals surface area contributed by atoms with Gasteiger partial charge in [-0.25, -0.2) is 0 Å². The standard InChI is InChI=1S/C30H30N2P.ClH/c1-25(22-31)23-32(2)27-14-12-13-26(21-27)24-33(28-15-6-3-7-16-28,29-17-8-4-9-18-29)30-19-10-5-11-20-30;/h3-21,25H,23-24H2,1-2H3;1H/q+1;/p-1. The maximum atomic E-state index is 9.24. The Morgan fingerprint density at radius 2 is 1.21 bits per heavy atom. The van der Waals surface area contributed by atoms with Crippen LogP contribution >= 0.6 is 7.26 Å². The number of nitrogens with zero attached hydrogens (tertiary/aromatic N) is 2. The molecule has 0 amide bonds. The van der Waals surface area contributed by atoms with Crippen LogP contribution in [0.4, 0.5) is 5.69 Å². The van der Waals surface area contributed by atoms with Gasteiger partial charge in [-0.1, -0.05) is 66.7 Å². The number of rotatable bonds is 8. The third kappa shape index (κ3) is 5.51. The Hall–Kier alpha value is -3.11. The Labute approximate surface area is 210 Å². The van der Waals surface area contributed by atoms with Crippen LogP contribution in [-0.2, 0) is 6.16 Å². The number of nitriles is 1. The number of benzene rings is 4. The summed E-state index contributed by atoms with van der Waals surface area (Å²) in [4.78, 5) is 2.19. The lowest BCUT2D eigenvalue weighted by molar-refractivity contribution is -0.00000682. The van der Waals surface area contributed by atoms with Gasteiger partial charge in [-0.15, -0.1) is 0 Å². The van der Waals surface area contributed by atoms with E-state index in [1.807, 2.05) is 6.92 Å².